The summed E-state index contributed by atoms with van der Waals surface area (Å²) in [5, 5.41) is 11.1. The van der Waals surface area contributed by atoms with E-state index in [1.807, 2.05) is 24.3 Å². The average molecular weight is 433 g/mol. The highest BCUT2D eigenvalue weighted by Gasteiger charge is 2.20. The number of β-amino-alcohol motifs (C(OH)–C–C–N with tert-alkyl or cyclic N) is 1. The molecule has 1 aliphatic rings. The number of aryl methyl sites for hydroxylation is 2. The first-order valence-electron chi connectivity index (χ1n) is 10.8. The SMILES string of the molecule is CCc1ccc(OCCOCC(O)CN2CCN(c3cc(Cl)ccc3C)CC2)cc1. The Hall–Kier alpha value is -1.79. The van der Waals surface area contributed by atoms with Crippen molar-refractivity contribution in [3.63, 3.8) is 0 Å². The van der Waals surface area contributed by atoms with Crippen molar-refractivity contribution in [2.75, 3.05) is 57.4 Å². The fourth-order valence-corrected chi connectivity index (χ4v) is 3.87. The lowest BCUT2D eigenvalue weighted by Gasteiger charge is -2.37. The van der Waals surface area contributed by atoms with Crippen molar-refractivity contribution in [1.82, 2.24) is 4.90 Å². The van der Waals surface area contributed by atoms with Gasteiger partial charge in [0, 0.05) is 43.4 Å². The molecule has 30 heavy (non-hydrogen) atoms. The van der Waals surface area contributed by atoms with E-state index in [4.69, 9.17) is 21.1 Å². The highest BCUT2D eigenvalue weighted by Crippen LogP contribution is 2.25. The maximum atomic E-state index is 10.3. The van der Waals surface area contributed by atoms with Gasteiger partial charge in [-0.1, -0.05) is 36.7 Å². The fraction of sp³-hybridized carbons (Fsp3) is 0.500. The lowest BCUT2D eigenvalue weighted by atomic mass is 10.1. The summed E-state index contributed by atoms with van der Waals surface area (Å²) in [7, 11) is 0. The number of nitrogens with zero attached hydrogens (tertiary/aromatic N) is 2. The summed E-state index contributed by atoms with van der Waals surface area (Å²) in [6.07, 6.45) is 0.532. The Kier molecular flexibility index (Phi) is 8.82. The number of ether oxygens (including phenoxy) is 2. The van der Waals surface area contributed by atoms with Gasteiger partial charge in [0.1, 0.15) is 12.4 Å². The minimum Gasteiger partial charge on any atom is -0.491 e. The predicted octanol–water partition coefficient (Wildman–Crippen LogP) is 3.79. The topological polar surface area (TPSA) is 45.2 Å². The van der Waals surface area contributed by atoms with Gasteiger partial charge < -0.3 is 19.5 Å². The molecule has 0 bridgehead atoms. The van der Waals surface area contributed by atoms with Gasteiger partial charge in [0.2, 0.25) is 0 Å². The lowest BCUT2D eigenvalue weighted by Crippen LogP contribution is -2.49. The number of anilines is 1. The zero-order chi connectivity index (χ0) is 21.3. The molecule has 2 aromatic rings. The number of aliphatic hydroxyl groups excluding tert-OH is 1. The molecule has 1 atom stereocenters. The van der Waals surface area contributed by atoms with E-state index >= 15 is 0 Å². The molecule has 6 heteroatoms. The predicted molar refractivity (Wildman–Crippen MR) is 123 cm³/mol. The molecule has 164 valence electrons. The fourth-order valence-electron chi connectivity index (χ4n) is 3.70. The zero-order valence-corrected chi connectivity index (χ0v) is 18.8. The highest BCUT2D eigenvalue weighted by molar-refractivity contribution is 6.30. The quantitative estimate of drug-likeness (QED) is 0.579. The summed E-state index contributed by atoms with van der Waals surface area (Å²) in [5.74, 6) is 0.851. The Morgan fingerprint density at radius 1 is 1.03 bits per heavy atom. The van der Waals surface area contributed by atoms with E-state index in [9.17, 15) is 5.11 Å². The van der Waals surface area contributed by atoms with Crippen LogP contribution in [-0.4, -0.2) is 68.7 Å². The van der Waals surface area contributed by atoms with E-state index in [0.29, 0.717) is 26.4 Å². The van der Waals surface area contributed by atoms with Crippen molar-refractivity contribution in [2.24, 2.45) is 0 Å². The van der Waals surface area contributed by atoms with Crippen LogP contribution in [0.3, 0.4) is 0 Å². The van der Waals surface area contributed by atoms with E-state index in [0.717, 1.165) is 43.4 Å². The number of aliphatic hydroxyl groups is 1. The second-order valence-corrected chi connectivity index (χ2v) is 8.23. The first kappa shape index (κ1) is 22.9. The Labute approximate surface area is 185 Å². The standard InChI is InChI=1S/C24H33ClN2O3/c1-3-20-5-8-23(9-6-20)30-15-14-29-18-22(28)17-26-10-12-27(13-11-26)24-16-21(25)7-4-19(24)2/h4-9,16,22,28H,3,10-15,17-18H2,1-2H3. The first-order valence-corrected chi connectivity index (χ1v) is 11.1. The second-order valence-electron chi connectivity index (χ2n) is 7.79. The number of hydrogen-bond acceptors (Lipinski definition) is 5. The summed E-state index contributed by atoms with van der Waals surface area (Å²) in [5.41, 5.74) is 3.74. The highest BCUT2D eigenvalue weighted by atomic mass is 35.5. The monoisotopic (exact) mass is 432 g/mol. The molecule has 2 aromatic carbocycles. The maximum Gasteiger partial charge on any atom is 0.119 e. The summed E-state index contributed by atoms with van der Waals surface area (Å²) in [6, 6.07) is 14.2. The van der Waals surface area contributed by atoms with Gasteiger partial charge in [-0.15, -0.1) is 0 Å². The summed E-state index contributed by atoms with van der Waals surface area (Å²) in [4.78, 5) is 4.65. The van der Waals surface area contributed by atoms with E-state index < -0.39 is 6.10 Å². The van der Waals surface area contributed by atoms with Crippen molar-refractivity contribution in [3.05, 3.63) is 58.6 Å². The van der Waals surface area contributed by atoms with Gasteiger partial charge in [-0.3, -0.25) is 4.90 Å². The summed E-state index contributed by atoms with van der Waals surface area (Å²) >= 11 is 6.16. The largest absolute Gasteiger partial charge is 0.491 e. The molecule has 1 unspecified atom stereocenters. The molecule has 1 heterocycles. The van der Waals surface area contributed by atoms with Crippen LogP contribution in [0.2, 0.25) is 5.02 Å². The molecule has 3 rings (SSSR count). The van der Waals surface area contributed by atoms with Crippen molar-refractivity contribution in [2.45, 2.75) is 26.4 Å². The molecule has 0 radical (unpaired) electrons. The van der Waals surface area contributed by atoms with Crippen LogP contribution >= 0.6 is 11.6 Å². The van der Waals surface area contributed by atoms with Crippen LogP contribution in [0.1, 0.15) is 18.1 Å². The van der Waals surface area contributed by atoms with Crippen molar-refractivity contribution in [3.8, 4) is 5.75 Å². The van der Waals surface area contributed by atoms with E-state index in [1.54, 1.807) is 0 Å². The average Bonchev–Trinajstić information content (AvgIpc) is 2.76. The third-order valence-electron chi connectivity index (χ3n) is 5.49. The van der Waals surface area contributed by atoms with Crippen LogP contribution < -0.4 is 9.64 Å². The Bertz CT molecular complexity index is 777. The second kappa shape index (κ2) is 11.6. The van der Waals surface area contributed by atoms with Gasteiger partial charge in [-0.2, -0.15) is 0 Å². The van der Waals surface area contributed by atoms with Crippen molar-refractivity contribution in [1.29, 1.82) is 0 Å². The van der Waals surface area contributed by atoms with Gasteiger partial charge in [-0.25, -0.2) is 0 Å². The summed E-state index contributed by atoms with van der Waals surface area (Å²) in [6.45, 7) is 9.84. The van der Waals surface area contributed by atoms with E-state index in [-0.39, 0.29) is 0 Å². The van der Waals surface area contributed by atoms with Crippen LogP contribution in [0, 0.1) is 6.92 Å². The molecular formula is C24H33ClN2O3. The van der Waals surface area contributed by atoms with Crippen molar-refractivity contribution < 1.29 is 14.6 Å². The third kappa shape index (κ3) is 6.88. The first-order chi connectivity index (χ1) is 14.5. The molecule has 1 N–H and O–H groups in total. The summed E-state index contributed by atoms with van der Waals surface area (Å²) < 4.78 is 11.3. The zero-order valence-electron chi connectivity index (χ0n) is 18.0. The van der Waals surface area contributed by atoms with Gasteiger partial charge in [0.15, 0.2) is 0 Å². The molecular weight excluding hydrogens is 400 g/mol. The number of halogens is 1. The van der Waals surface area contributed by atoms with E-state index in [1.165, 1.54) is 16.8 Å². The Morgan fingerprint density at radius 3 is 2.47 bits per heavy atom. The van der Waals surface area contributed by atoms with Gasteiger partial charge >= 0.3 is 0 Å². The molecule has 0 spiro atoms. The molecule has 1 aliphatic heterocycles. The smallest absolute Gasteiger partial charge is 0.119 e. The molecule has 1 saturated heterocycles. The molecule has 5 nitrogen and oxygen atoms in total. The van der Waals surface area contributed by atoms with Crippen LogP contribution in [0.5, 0.6) is 5.75 Å². The van der Waals surface area contributed by atoms with Crippen LogP contribution in [0.25, 0.3) is 0 Å². The minimum atomic E-state index is -0.492. The van der Waals surface area contributed by atoms with Crippen LogP contribution in [0.4, 0.5) is 5.69 Å². The number of benzene rings is 2. The number of hydrogen-bond donors (Lipinski definition) is 1. The van der Waals surface area contributed by atoms with Gasteiger partial charge in [-0.05, 0) is 48.7 Å². The third-order valence-corrected chi connectivity index (χ3v) is 5.73. The van der Waals surface area contributed by atoms with E-state index in [2.05, 4.69) is 41.8 Å². The minimum absolute atomic E-state index is 0.325. The molecule has 1 fully saturated rings. The van der Waals surface area contributed by atoms with Gasteiger partial charge in [0.25, 0.3) is 0 Å². The van der Waals surface area contributed by atoms with Gasteiger partial charge in [0.05, 0.1) is 19.3 Å². The normalized spacial score (nSPS) is 15.9. The van der Waals surface area contributed by atoms with Crippen molar-refractivity contribution >= 4 is 17.3 Å². The molecule has 0 aliphatic carbocycles. The molecule has 0 amide bonds. The Balaban J connectivity index is 1.30. The van der Waals surface area contributed by atoms with Crippen LogP contribution in [0.15, 0.2) is 42.5 Å². The van der Waals surface area contributed by atoms with Crippen LogP contribution in [-0.2, 0) is 11.2 Å². The maximum absolute atomic E-state index is 10.3. The Morgan fingerprint density at radius 2 is 1.77 bits per heavy atom. The lowest BCUT2D eigenvalue weighted by molar-refractivity contribution is 0.00718. The molecule has 0 aromatic heterocycles. The number of rotatable bonds is 10. The number of piperazine rings is 1. The molecule has 0 saturated carbocycles.